The van der Waals surface area contributed by atoms with Crippen molar-refractivity contribution in [3.05, 3.63) is 0 Å². The summed E-state index contributed by atoms with van der Waals surface area (Å²) < 4.78 is 0. The van der Waals surface area contributed by atoms with Gasteiger partial charge in [0, 0.05) is 12.3 Å². The topological polar surface area (TPSA) is 15.6 Å². The quantitative estimate of drug-likeness (QED) is 0.498. The molecule has 2 unspecified atom stereocenters. The third kappa shape index (κ3) is 1.03. The van der Waals surface area contributed by atoms with Gasteiger partial charge in [-0.1, -0.05) is 6.92 Å². The second kappa shape index (κ2) is 2.49. The molecule has 0 aromatic carbocycles. The molecule has 2 atom stereocenters. The van der Waals surface area contributed by atoms with Crippen molar-refractivity contribution in [3.63, 3.8) is 0 Å². The average Bonchev–Trinajstić information content (AvgIpc) is 2.14. The minimum Gasteiger partial charge on any atom is -0.180 e. The number of hydrogen-bond acceptors (Lipinski definition) is 1. The third-order valence-electron chi connectivity index (χ3n) is 2.21. The van der Waals surface area contributed by atoms with Gasteiger partial charge < -0.3 is 0 Å². The van der Waals surface area contributed by atoms with E-state index >= 15 is 0 Å². The summed E-state index contributed by atoms with van der Waals surface area (Å²) in [6.45, 7) is 5.79. The number of hydrogen-bond donors (Lipinski definition) is 1. The number of nitrogens with one attached hydrogen (secondary N) is 1. The highest BCUT2D eigenvalue weighted by Gasteiger charge is 2.27. The lowest BCUT2D eigenvalue weighted by molar-refractivity contribution is -0.669. The molecule has 1 aliphatic heterocycles. The maximum absolute atomic E-state index is 3.42. The fourth-order valence-electron chi connectivity index (χ4n) is 1.47. The Hall–Kier alpha value is -0.0400. The molecule has 1 rings (SSSR count). The van der Waals surface area contributed by atoms with Crippen molar-refractivity contribution in [2.75, 3.05) is 6.54 Å². The Morgan fingerprint density at radius 2 is 2.38 bits per heavy atom. The van der Waals surface area contributed by atoms with Gasteiger partial charge in [-0.2, -0.15) is 5.32 Å². The molecule has 1 nitrogen and oxygen atoms in total. The molecule has 0 amide bonds. The van der Waals surface area contributed by atoms with Crippen LogP contribution in [0.1, 0.15) is 26.7 Å². The molecule has 0 spiro atoms. The largest absolute Gasteiger partial charge is 0.180 e. The molecule has 0 aliphatic carbocycles. The van der Waals surface area contributed by atoms with Gasteiger partial charge >= 0.3 is 0 Å². The zero-order valence-corrected chi connectivity index (χ0v) is 5.78. The van der Waals surface area contributed by atoms with E-state index in [2.05, 4.69) is 19.2 Å². The molecule has 1 saturated heterocycles. The summed E-state index contributed by atoms with van der Waals surface area (Å²) in [4.78, 5) is 0. The van der Waals surface area contributed by atoms with Gasteiger partial charge in [-0.25, -0.2) is 0 Å². The average molecular weight is 113 g/mol. The Morgan fingerprint density at radius 3 is 2.62 bits per heavy atom. The second-order valence-electron chi connectivity index (χ2n) is 2.70. The normalized spacial score (nSPS) is 38.2. The summed E-state index contributed by atoms with van der Waals surface area (Å²) in [6, 6.07) is 0.778. The van der Waals surface area contributed by atoms with E-state index in [0.717, 1.165) is 12.0 Å². The van der Waals surface area contributed by atoms with E-state index in [-0.39, 0.29) is 0 Å². The smallest absolute Gasteiger partial charge is 0.131 e. The summed E-state index contributed by atoms with van der Waals surface area (Å²) in [5.74, 6) is 0.954. The Kier molecular flexibility index (Phi) is 1.90. The Bertz CT molecular complexity index is 70.8. The molecule has 1 aliphatic rings. The zero-order valence-electron chi connectivity index (χ0n) is 5.78. The Morgan fingerprint density at radius 1 is 1.62 bits per heavy atom. The van der Waals surface area contributed by atoms with Gasteiger partial charge in [0.15, 0.2) is 0 Å². The van der Waals surface area contributed by atoms with Crippen LogP contribution in [0.4, 0.5) is 0 Å². The highest BCUT2D eigenvalue weighted by atomic mass is 14.9. The lowest BCUT2D eigenvalue weighted by atomic mass is 10.00. The maximum Gasteiger partial charge on any atom is 0.131 e. The minimum atomic E-state index is 0.778. The summed E-state index contributed by atoms with van der Waals surface area (Å²) in [5.41, 5.74) is 0. The highest BCUT2D eigenvalue weighted by Crippen LogP contribution is 2.12. The maximum atomic E-state index is 3.42. The molecule has 0 bridgehead atoms. The molecule has 0 aromatic rings. The Balaban J connectivity index is 2.30. The summed E-state index contributed by atoms with van der Waals surface area (Å²) in [6.07, 6.45) is 2.73. The van der Waals surface area contributed by atoms with Gasteiger partial charge in [-0.15, -0.1) is 0 Å². The van der Waals surface area contributed by atoms with Crippen LogP contribution >= 0.6 is 0 Å². The van der Waals surface area contributed by atoms with Gasteiger partial charge in [-0.3, -0.25) is 0 Å². The predicted molar refractivity (Wildman–Crippen MR) is 33.7 cm³/mol. The van der Waals surface area contributed by atoms with E-state index in [1.165, 1.54) is 19.4 Å². The first kappa shape index (κ1) is 6.09. The first-order valence-electron chi connectivity index (χ1n) is 3.58. The lowest BCUT2D eigenvalue weighted by Gasteiger charge is -2.03. The second-order valence-corrected chi connectivity index (χ2v) is 2.70. The van der Waals surface area contributed by atoms with Crippen molar-refractivity contribution in [2.24, 2.45) is 5.92 Å². The SMILES string of the molecule is CCC1CC[NH+]C1C. The molecule has 1 N–H and O–H groups in total. The molecule has 1 heteroatoms. The molecular weight excluding hydrogens is 98.1 g/mol. The van der Waals surface area contributed by atoms with Crippen LogP contribution < -0.4 is 5.32 Å². The molecule has 47 valence electrons. The van der Waals surface area contributed by atoms with Crippen LogP contribution in [-0.2, 0) is 0 Å². The van der Waals surface area contributed by atoms with Crippen LogP contribution in [0, 0.1) is 5.92 Å². The van der Waals surface area contributed by atoms with E-state index in [9.17, 15) is 0 Å². The molecular formula is C7H15N+. The van der Waals surface area contributed by atoms with Crippen molar-refractivity contribution in [1.29, 1.82) is 0 Å². The van der Waals surface area contributed by atoms with Crippen LogP contribution in [0.2, 0.25) is 0 Å². The molecule has 0 saturated carbocycles. The van der Waals surface area contributed by atoms with E-state index in [0.29, 0.717) is 0 Å². The van der Waals surface area contributed by atoms with Crippen LogP contribution in [0.5, 0.6) is 0 Å². The van der Waals surface area contributed by atoms with Gasteiger partial charge in [0.2, 0.25) is 0 Å². The molecule has 1 fully saturated rings. The van der Waals surface area contributed by atoms with Crippen molar-refractivity contribution in [3.8, 4) is 0 Å². The molecule has 0 aromatic heterocycles. The van der Waals surface area contributed by atoms with Gasteiger partial charge in [0.1, 0.15) is 12.6 Å². The molecule has 8 heavy (non-hydrogen) atoms. The summed E-state index contributed by atoms with van der Waals surface area (Å²) >= 11 is 0. The summed E-state index contributed by atoms with van der Waals surface area (Å²) in [7, 11) is 0. The molecule has 1 radical (unpaired) electrons. The van der Waals surface area contributed by atoms with Crippen LogP contribution in [-0.4, -0.2) is 12.6 Å². The van der Waals surface area contributed by atoms with Crippen molar-refractivity contribution < 1.29 is 5.32 Å². The van der Waals surface area contributed by atoms with Gasteiger partial charge in [0.05, 0.1) is 0 Å². The van der Waals surface area contributed by atoms with E-state index in [4.69, 9.17) is 0 Å². The monoisotopic (exact) mass is 113 g/mol. The summed E-state index contributed by atoms with van der Waals surface area (Å²) in [5, 5.41) is 3.42. The van der Waals surface area contributed by atoms with Crippen molar-refractivity contribution in [2.45, 2.75) is 32.7 Å². The standard InChI is InChI=1S/C7H15N/c1-3-7-4-5-8-6(7)2/h6-8H,3-5H2,1-2H3/q+1. The zero-order chi connectivity index (χ0) is 5.98. The first-order valence-corrected chi connectivity index (χ1v) is 3.58. The molecule has 1 heterocycles. The fourth-order valence-corrected chi connectivity index (χ4v) is 1.47. The Labute approximate surface area is 51.5 Å². The predicted octanol–water partition coefficient (Wildman–Crippen LogP) is 0.154. The third-order valence-corrected chi connectivity index (χ3v) is 2.21. The minimum absolute atomic E-state index is 0.778. The van der Waals surface area contributed by atoms with Crippen molar-refractivity contribution in [1.82, 2.24) is 0 Å². The van der Waals surface area contributed by atoms with E-state index < -0.39 is 0 Å². The fraction of sp³-hybridized carbons (Fsp3) is 1.00. The number of rotatable bonds is 1. The highest BCUT2D eigenvalue weighted by molar-refractivity contribution is 4.65. The van der Waals surface area contributed by atoms with Gasteiger partial charge in [0.25, 0.3) is 0 Å². The van der Waals surface area contributed by atoms with E-state index in [1.807, 2.05) is 0 Å². The van der Waals surface area contributed by atoms with Gasteiger partial charge in [-0.05, 0) is 13.3 Å². The van der Waals surface area contributed by atoms with Crippen LogP contribution in [0.15, 0.2) is 0 Å². The first-order chi connectivity index (χ1) is 3.84. The van der Waals surface area contributed by atoms with Crippen molar-refractivity contribution >= 4 is 0 Å². The van der Waals surface area contributed by atoms with Crippen LogP contribution in [0.3, 0.4) is 0 Å². The lowest BCUT2D eigenvalue weighted by Crippen LogP contribution is -2.86. The van der Waals surface area contributed by atoms with E-state index in [1.54, 1.807) is 0 Å². The van der Waals surface area contributed by atoms with Crippen LogP contribution in [0.25, 0.3) is 0 Å².